The number of carbonyl (C=O) groups excluding carboxylic acids is 1. The molecule has 1 saturated carbocycles. The van der Waals surface area contributed by atoms with Crippen LogP contribution in [0.3, 0.4) is 0 Å². The smallest absolute Gasteiger partial charge is 0.254 e. The van der Waals surface area contributed by atoms with Gasteiger partial charge in [-0.25, -0.2) is 8.78 Å². The molecule has 2 fully saturated rings. The average Bonchev–Trinajstić information content (AvgIpc) is 2.74. The van der Waals surface area contributed by atoms with Gasteiger partial charge in [-0.1, -0.05) is 0 Å². The predicted molar refractivity (Wildman–Crippen MR) is 64.7 cm³/mol. The molecule has 1 aromatic rings. The monoisotopic (exact) mass is 274 g/mol. The maximum Gasteiger partial charge on any atom is 0.254 e. The molecular weight excluding hydrogens is 262 g/mol. The fourth-order valence-electron chi connectivity index (χ4n) is 2.54. The lowest BCUT2D eigenvalue weighted by Crippen LogP contribution is -2.33. The van der Waals surface area contributed by atoms with Crippen molar-refractivity contribution in [2.45, 2.75) is 6.04 Å². The van der Waals surface area contributed by atoms with Gasteiger partial charge in [0.05, 0.1) is 5.56 Å². The van der Waals surface area contributed by atoms with Crippen molar-refractivity contribution in [3.8, 4) is 0 Å². The van der Waals surface area contributed by atoms with Crippen molar-refractivity contribution in [1.82, 2.24) is 10.6 Å². The maximum atomic E-state index is 13.3. The van der Waals surface area contributed by atoms with Crippen molar-refractivity contribution in [2.75, 3.05) is 13.1 Å². The van der Waals surface area contributed by atoms with Crippen LogP contribution >= 0.6 is 12.4 Å². The first-order valence-electron chi connectivity index (χ1n) is 5.63. The second kappa shape index (κ2) is 4.82. The number of halogens is 3. The van der Waals surface area contributed by atoms with E-state index in [9.17, 15) is 13.6 Å². The van der Waals surface area contributed by atoms with Gasteiger partial charge in [-0.3, -0.25) is 4.79 Å². The zero-order valence-corrected chi connectivity index (χ0v) is 10.3. The van der Waals surface area contributed by atoms with Crippen molar-refractivity contribution < 1.29 is 13.6 Å². The topological polar surface area (TPSA) is 41.1 Å². The van der Waals surface area contributed by atoms with Gasteiger partial charge in [0, 0.05) is 25.2 Å². The van der Waals surface area contributed by atoms with E-state index in [2.05, 4.69) is 10.6 Å². The number of hydrogen-bond donors (Lipinski definition) is 2. The summed E-state index contributed by atoms with van der Waals surface area (Å²) in [6.45, 7) is 1.81. The third-order valence-corrected chi connectivity index (χ3v) is 3.57. The van der Waals surface area contributed by atoms with Crippen LogP contribution < -0.4 is 10.6 Å². The lowest BCUT2D eigenvalue weighted by molar-refractivity contribution is 0.0942. The van der Waals surface area contributed by atoms with Crippen molar-refractivity contribution >= 4 is 18.3 Å². The highest BCUT2D eigenvalue weighted by Crippen LogP contribution is 2.41. The zero-order chi connectivity index (χ0) is 12.0. The molecule has 1 amide bonds. The third kappa shape index (κ3) is 2.20. The third-order valence-electron chi connectivity index (χ3n) is 3.57. The molecule has 0 spiro atoms. The number of fused-ring (bicyclic) bond motifs is 1. The molecular formula is C12H13ClF2N2O. The SMILES string of the molecule is Cl.O=C(NC1C2CNCC21)c1ccc(F)cc1F. The molecule has 2 aliphatic rings. The summed E-state index contributed by atoms with van der Waals surface area (Å²) in [5, 5.41) is 6.00. The number of amides is 1. The maximum absolute atomic E-state index is 13.3. The van der Waals surface area contributed by atoms with Gasteiger partial charge in [-0.05, 0) is 24.0 Å². The van der Waals surface area contributed by atoms with E-state index in [1.54, 1.807) is 0 Å². The molecule has 6 heteroatoms. The first kappa shape index (κ1) is 13.2. The van der Waals surface area contributed by atoms with Crippen LogP contribution in [-0.4, -0.2) is 25.0 Å². The van der Waals surface area contributed by atoms with Crippen LogP contribution in [0.25, 0.3) is 0 Å². The molecule has 3 nitrogen and oxygen atoms in total. The standard InChI is InChI=1S/C12H12F2N2O.ClH/c13-6-1-2-7(10(14)3-6)12(17)16-11-8-4-15-5-9(8)11;/h1-3,8-9,11,15H,4-5H2,(H,16,17);1H. The second-order valence-corrected chi connectivity index (χ2v) is 4.61. The molecule has 1 aliphatic carbocycles. The van der Waals surface area contributed by atoms with Crippen LogP contribution in [0.5, 0.6) is 0 Å². The summed E-state index contributed by atoms with van der Waals surface area (Å²) in [4.78, 5) is 11.8. The molecule has 98 valence electrons. The summed E-state index contributed by atoms with van der Waals surface area (Å²) in [5.74, 6) is -0.996. The van der Waals surface area contributed by atoms with Gasteiger partial charge in [0.1, 0.15) is 11.6 Å². The number of piperidine rings is 1. The van der Waals surface area contributed by atoms with Gasteiger partial charge >= 0.3 is 0 Å². The van der Waals surface area contributed by atoms with E-state index < -0.39 is 17.5 Å². The number of benzene rings is 1. The van der Waals surface area contributed by atoms with E-state index in [-0.39, 0.29) is 24.0 Å². The predicted octanol–water partition coefficient (Wildman–Crippen LogP) is 1.33. The minimum absolute atomic E-state index is 0. The molecule has 3 rings (SSSR count). The van der Waals surface area contributed by atoms with Gasteiger partial charge in [0.15, 0.2) is 0 Å². The zero-order valence-electron chi connectivity index (χ0n) is 9.45. The van der Waals surface area contributed by atoms with Crippen molar-refractivity contribution in [3.05, 3.63) is 35.4 Å². The van der Waals surface area contributed by atoms with E-state index in [1.165, 1.54) is 6.07 Å². The summed E-state index contributed by atoms with van der Waals surface area (Å²) in [6.07, 6.45) is 0. The van der Waals surface area contributed by atoms with Crippen molar-refractivity contribution in [2.24, 2.45) is 11.8 Å². The first-order chi connectivity index (χ1) is 8.16. The Morgan fingerprint density at radius 2 is 1.94 bits per heavy atom. The minimum atomic E-state index is -0.813. The van der Waals surface area contributed by atoms with E-state index in [1.807, 2.05) is 0 Å². The molecule has 0 radical (unpaired) electrons. The number of hydrogen-bond acceptors (Lipinski definition) is 2. The van der Waals surface area contributed by atoms with Crippen LogP contribution in [-0.2, 0) is 0 Å². The Bertz CT molecular complexity index is 473. The summed E-state index contributed by atoms with van der Waals surface area (Å²) in [7, 11) is 0. The highest BCUT2D eigenvalue weighted by molar-refractivity contribution is 5.94. The molecule has 1 saturated heterocycles. The molecule has 2 unspecified atom stereocenters. The number of nitrogens with one attached hydrogen (secondary N) is 2. The Kier molecular flexibility index (Phi) is 3.54. The fraction of sp³-hybridized carbons (Fsp3) is 0.417. The number of rotatable bonds is 2. The largest absolute Gasteiger partial charge is 0.349 e. The number of carbonyl (C=O) groups is 1. The van der Waals surface area contributed by atoms with Crippen LogP contribution in [0.15, 0.2) is 18.2 Å². The summed E-state index contributed by atoms with van der Waals surface area (Å²) in [6, 6.07) is 3.14. The highest BCUT2D eigenvalue weighted by Gasteiger charge is 2.53. The minimum Gasteiger partial charge on any atom is -0.349 e. The van der Waals surface area contributed by atoms with E-state index in [0.717, 1.165) is 25.2 Å². The van der Waals surface area contributed by atoms with Crippen molar-refractivity contribution in [1.29, 1.82) is 0 Å². The highest BCUT2D eigenvalue weighted by atomic mass is 35.5. The van der Waals surface area contributed by atoms with E-state index >= 15 is 0 Å². The summed E-state index contributed by atoms with van der Waals surface area (Å²) < 4.78 is 26.0. The van der Waals surface area contributed by atoms with Gasteiger partial charge in [-0.15, -0.1) is 12.4 Å². The summed E-state index contributed by atoms with van der Waals surface area (Å²) >= 11 is 0. The molecule has 1 heterocycles. The van der Waals surface area contributed by atoms with Crippen LogP contribution in [0.2, 0.25) is 0 Å². The Hall–Kier alpha value is -1.20. The van der Waals surface area contributed by atoms with Crippen LogP contribution in [0.4, 0.5) is 8.78 Å². The Labute approximate surface area is 109 Å². The van der Waals surface area contributed by atoms with Gasteiger partial charge in [-0.2, -0.15) is 0 Å². The first-order valence-corrected chi connectivity index (χ1v) is 5.63. The molecule has 1 aromatic carbocycles. The molecule has 0 bridgehead atoms. The quantitative estimate of drug-likeness (QED) is 0.854. The molecule has 0 aromatic heterocycles. The molecule has 2 N–H and O–H groups in total. The van der Waals surface area contributed by atoms with E-state index in [0.29, 0.717) is 11.8 Å². The lowest BCUT2D eigenvalue weighted by atomic mass is 10.2. The lowest BCUT2D eigenvalue weighted by Gasteiger charge is -2.08. The Balaban J connectivity index is 0.00000120. The van der Waals surface area contributed by atoms with Gasteiger partial charge < -0.3 is 10.6 Å². The van der Waals surface area contributed by atoms with Gasteiger partial charge in [0.25, 0.3) is 5.91 Å². The second-order valence-electron chi connectivity index (χ2n) is 4.61. The van der Waals surface area contributed by atoms with Crippen LogP contribution in [0, 0.1) is 23.5 Å². The Morgan fingerprint density at radius 1 is 1.28 bits per heavy atom. The van der Waals surface area contributed by atoms with E-state index in [4.69, 9.17) is 0 Å². The van der Waals surface area contributed by atoms with Crippen LogP contribution in [0.1, 0.15) is 10.4 Å². The fourth-order valence-corrected chi connectivity index (χ4v) is 2.54. The molecule has 18 heavy (non-hydrogen) atoms. The molecule has 2 atom stereocenters. The Morgan fingerprint density at radius 3 is 2.56 bits per heavy atom. The summed E-state index contributed by atoms with van der Waals surface area (Å²) in [5.41, 5.74) is -0.0932. The average molecular weight is 275 g/mol. The van der Waals surface area contributed by atoms with Crippen molar-refractivity contribution in [3.63, 3.8) is 0 Å². The molecule has 1 aliphatic heterocycles. The normalized spacial score (nSPS) is 28.2. The van der Waals surface area contributed by atoms with Gasteiger partial charge in [0.2, 0.25) is 0 Å².